The van der Waals surface area contributed by atoms with Crippen LogP contribution < -0.4 is 9.47 Å². The zero-order valence-electron chi connectivity index (χ0n) is 15.9. The predicted octanol–water partition coefficient (Wildman–Crippen LogP) is 4.71. The van der Waals surface area contributed by atoms with Gasteiger partial charge in [-0.05, 0) is 59.7 Å². The Morgan fingerprint density at radius 1 is 1.07 bits per heavy atom. The van der Waals surface area contributed by atoms with Crippen molar-refractivity contribution in [1.29, 1.82) is 0 Å². The number of carbonyl (C=O) groups is 1. The van der Waals surface area contributed by atoms with E-state index in [1.165, 1.54) is 24.3 Å². The average Bonchev–Trinajstić information content (AvgIpc) is 2.76. The fourth-order valence-corrected chi connectivity index (χ4v) is 3.30. The summed E-state index contributed by atoms with van der Waals surface area (Å²) in [6.07, 6.45) is 0.962. The fourth-order valence-electron chi connectivity index (χ4n) is 3.30. The van der Waals surface area contributed by atoms with E-state index in [2.05, 4.69) is 0 Å². The number of benzene rings is 3. The number of Topliss-reactive ketones (excluding diaryl/α,β-unsaturated/α-hetero) is 1. The molecule has 7 heteroatoms. The highest BCUT2D eigenvalue weighted by molar-refractivity contribution is 6.14. The third-order valence-corrected chi connectivity index (χ3v) is 4.84. The Bertz CT molecular complexity index is 1150. The molecule has 0 aromatic heterocycles. The quantitative estimate of drug-likeness (QED) is 0.385. The number of ketones is 1. The first-order valence-electron chi connectivity index (χ1n) is 9.10. The number of phenols is 1. The Labute approximate surface area is 172 Å². The summed E-state index contributed by atoms with van der Waals surface area (Å²) in [6.45, 7) is 0. The minimum Gasteiger partial charge on any atom is -0.508 e. The molecule has 0 saturated heterocycles. The molecule has 1 aliphatic heterocycles. The van der Waals surface area contributed by atoms with Gasteiger partial charge < -0.3 is 14.6 Å². The smallest absolute Gasteiger partial charge is 0.269 e. The van der Waals surface area contributed by atoms with Gasteiger partial charge in [-0.1, -0.05) is 12.1 Å². The van der Waals surface area contributed by atoms with Crippen molar-refractivity contribution in [3.8, 4) is 17.2 Å². The molecule has 30 heavy (non-hydrogen) atoms. The predicted molar refractivity (Wildman–Crippen MR) is 110 cm³/mol. The Kier molecular flexibility index (Phi) is 4.93. The Hall–Kier alpha value is -4.13. The molecule has 7 nitrogen and oxygen atoms in total. The van der Waals surface area contributed by atoms with Gasteiger partial charge in [-0.15, -0.1) is 0 Å². The summed E-state index contributed by atoms with van der Waals surface area (Å²) in [5.41, 5.74) is 1.94. The van der Waals surface area contributed by atoms with E-state index in [1.54, 1.807) is 43.5 Å². The van der Waals surface area contributed by atoms with Crippen LogP contribution in [0.4, 0.5) is 5.69 Å². The minimum atomic E-state index is -0.685. The number of hydrogen-bond donors (Lipinski definition) is 1. The molecule has 4 rings (SSSR count). The molecule has 0 fully saturated rings. The van der Waals surface area contributed by atoms with Crippen LogP contribution in [0.5, 0.6) is 17.2 Å². The van der Waals surface area contributed by atoms with Gasteiger partial charge in [0, 0.05) is 17.7 Å². The lowest BCUT2D eigenvalue weighted by molar-refractivity contribution is -0.384. The molecular weight excluding hydrogens is 386 g/mol. The van der Waals surface area contributed by atoms with Gasteiger partial charge in [0.05, 0.1) is 17.6 Å². The number of hydrogen-bond acceptors (Lipinski definition) is 6. The number of ether oxygens (including phenoxy) is 2. The van der Waals surface area contributed by atoms with Crippen LogP contribution in [0.2, 0.25) is 0 Å². The van der Waals surface area contributed by atoms with Gasteiger partial charge >= 0.3 is 0 Å². The van der Waals surface area contributed by atoms with Gasteiger partial charge in [-0.3, -0.25) is 14.9 Å². The molecule has 0 saturated carbocycles. The number of rotatable bonds is 4. The van der Waals surface area contributed by atoms with Gasteiger partial charge in [0.1, 0.15) is 17.2 Å². The summed E-state index contributed by atoms with van der Waals surface area (Å²) in [5, 5.41) is 20.7. The highest BCUT2D eigenvalue weighted by Gasteiger charge is 2.33. The molecule has 0 amide bonds. The van der Waals surface area contributed by atoms with Crippen LogP contribution in [0.3, 0.4) is 0 Å². The number of methoxy groups -OCH3 is 1. The molecule has 1 heterocycles. The van der Waals surface area contributed by atoms with Gasteiger partial charge in [0.2, 0.25) is 0 Å². The van der Waals surface area contributed by atoms with Crippen LogP contribution in [0.15, 0.2) is 72.3 Å². The third kappa shape index (κ3) is 3.60. The molecule has 0 spiro atoms. The van der Waals surface area contributed by atoms with Gasteiger partial charge in [-0.25, -0.2) is 0 Å². The molecule has 1 atom stereocenters. The Morgan fingerprint density at radius 3 is 2.40 bits per heavy atom. The van der Waals surface area contributed by atoms with Crippen LogP contribution in [-0.2, 0) is 0 Å². The largest absolute Gasteiger partial charge is 0.508 e. The van der Waals surface area contributed by atoms with Crippen LogP contribution in [0, 0.1) is 10.1 Å². The number of phenolic OH excluding ortho intramolecular Hbond substituents is 1. The van der Waals surface area contributed by atoms with E-state index >= 15 is 0 Å². The summed E-state index contributed by atoms with van der Waals surface area (Å²) >= 11 is 0. The number of carbonyl (C=O) groups excluding carboxylic acids is 1. The molecule has 1 unspecified atom stereocenters. The number of nitro benzene ring substituents is 1. The molecule has 0 aliphatic carbocycles. The molecule has 3 aromatic rings. The molecular formula is C23H17NO6. The van der Waals surface area contributed by atoms with Crippen molar-refractivity contribution in [3.05, 3.63) is 99.1 Å². The number of aromatic hydroxyl groups is 1. The van der Waals surface area contributed by atoms with Gasteiger partial charge in [-0.2, -0.15) is 0 Å². The first-order chi connectivity index (χ1) is 14.5. The molecule has 0 bridgehead atoms. The summed E-state index contributed by atoms with van der Waals surface area (Å²) in [6, 6.07) is 17.5. The summed E-state index contributed by atoms with van der Waals surface area (Å²) in [7, 11) is 1.57. The van der Waals surface area contributed by atoms with E-state index in [-0.39, 0.29) is 22.8 Å². The number of nitrogens with zero attached hydrogens (tertiary/aromatic N) is 1. The van der Waals surface area contributed by atoms with Crippen molar-refractivity contribution < 1.29 is 24.3 Å². The van der Waals surface area contributed by atoms with Crippen molar-refractivity contribution in [1.82, 2.24) is 0 Å². The standard InChI is InChI=1S/C23H17NO6/c1-29-18-9-4-15(5-10-18)23-20(12-14-2-6-16(7-3-14)24(27)28)22(26)19-13-17(25)8-11-21(19)30-23/h2-13,23,25H,1H3. The molecule has 150 valence electrons. The average molecular weight is 403 g/mol. The van der Waals surface area contributed by atoms with Crippen molar-refractivity contribution in [2.24, 2.45) is 0 Å². The van der Waals surface area contributed by atoms with Crippen molar-refractivity contribution in [2.45, 2.75) is 6.10 Å². The Balaban J connectivity index is 1.81. The normalized spacial score (nSPS) is 16.6. The maximum atomic E-state index is 13.3. The zero-order chi connectivity index (χ0) is 21.3. The highest BCUT2D eigenvalue weighted by atomic mass is 16.6. The first kappa shape index (κ1) is 19.2. The molecule has 0 radical (unpaired) electrons. The first-order valence-corrected chi connectivity index (χ1v) is 9.10. The van der Waals surface area contributed by atoms with E-state index in [0.717, 1.165) is 5.56 Å². The summed E-state index contributed by atoms with van der Waals surface area (Å²) in [4.78, 5) is 23.7. The minimum absolute atomic E-state index is 0.0367. The highest BCUT2D eigenvalue weighted by Crippen LogP contribution is 2.40. The summed E-state index contributed by atoms with van der Waals surface area (Å²) < 4.78 is 11.3. The van der Waals surface area contributed by atoms with E-state index in [1.807, 2.05) is 12.1 Å². The number of fused-ring (bicyclic) bond motifs is 1. The molecule has 1 aliphatic rings. The lowest BCUT2D eigenvalue weighted by atomic mass is 9.89. The van der Waals surface area contributed by atoms with E-state index < -0.39 is 11.0 Å². The lowest BCUT2D eigenvalue weighted by Gasteiger charge is -2.28. The third-order valence-electron chi connectivity index (χ3n) is 4.84. The topological polar surface area (TPSA) is 98.9 Å². The van der Waals surface area contributed by atoms with Crippen LogP contribution in [0.25, 0.3) is 6.08 Å². The monoisotopic (exact) mass is 403 g/mol. The van der Waals surface area contributed by atoms with E-state index in [4.69, 9.17) is 9.47 Å². The van der Waals surface area contributed by atoms with Crippen molar-refractivity contribution in [2.75, 3.05) is 7.11 Å². The number of nitro groups is 1. The van der Waals surface area contributed by atoms with Crippen LogP contribution in [0.1, 0.15) is 27.6 Å². The molecule has 1 N–H and O–H groups in total. The molecule has 3 aromatic carbocycles. The maximum Gasteiger partial charge on any atom is 0.269 e. The lowest BCUT2D eigenvalue weighted by Crippen LogP contribution is -2.23. The van der Waals surface area contributed by atoms with Crippen molar-refractivity contribution in [3.63, 3.8) is 0 Å². The van der Waals surface area contributed by atoms with Crippen LogP contribution in [-0.4, -0.2) is 22.9 Å². The van der Waals surface area contributed by atoms with E-state index in [0.29, 0.717) is 22.6 Å². The van der Waals surface area contributed by atoms with Gasteiger partial charge in [0.25, 0.3) is 5.69 Å². The maximum absolute atomic E-state index is 13.3. The second-order valence-corrected chi connectivity index (χ2v) is 6.73. The van der Waals surface area contributed by atoms with Crippen LogP contribution >= 0.6 is 0 Å². The second-order valence-electron chi connectivity index (χ2n) is 6.73. The van der Waals surface area contributed by atoms with Gasteiger partial charge in [0.15, 0.2) is 11.9 Å². The fraction of sp³-hybridized carbons (Fsp3) is 0.0870. The number of non-ortho nitro benzene ring substituents is 1. The SMILES string of the molecule is COc1ccc(C2Oc3ccc(O)cc3C(=O)C2=Cc2ccc([N+](=O)[O-])cc2)cc1. The van der Waals surface area contributed by atoms with Crippen molar-refractivity contribution >= 4 is 17.5 Å². The summed E-state index contributed by atoms with van der Waals surface area (Å²) in [5.74, 6) is 0.723. The van der Waals surface area contributed by atoms with E-state index in [9.17, 15) is 20.0 Å². The second kappa shape index (κ2) is 7.71. The zero-order valence-corrected chi connectivity index (χ0v) is 15.9. The Morgan fingerprint density at radius 2 is 1.77 bits per heavy atom.